The predicted molar refractivity (Wildman–Crippen MR) is 87.4 cm³/mol. The van der Waals surface area contributed by atoms with Crippen molar-refractivity contribution in [2.45, 2.75) is 49.3 Å². The first-order chi connectivity index (χ1) is 13.0. The summed E-state index contributed by atoms with van der Waals surface area (Å²) in [6.45, 7) is 1.89. The van der Waals surface area contributed by atoms with E-state index in [1.807, 2.05) is 0 Å². The van der Waals surface area contributed by atoms with E-state index in [0.717, 1.165) is 6.92 Å². The summed E-state index contributed by atoms with van der Waals surface area (Å²) in [5.41, 5.74) is 0. The molecule has 0 bridgehead atoms. The molecule has 0 aliphatic carbocycles. The van der Waals surface area contributed by atoms with Gasteiger partial charge in [-0.25, -0.2) is 4.79 Å². The maximum Gasteiger partial charge on any atom is 0.466 e. The molecule has 29 heavy (non-hydrogen) atoms. The van der Waals surface area contributed by atoms with Crippen LogP contribution in [-0.4, -0.2) is 54.0 Å². The average molecular weight is 457 g/mol. The average Bonchev–Trinajstić information content (AvgIpc) is 2.55. The molecule has 0 saturated carbocycles. The maximum absolute atomic E-state index is 13.5. The van der Waals surface area contributed by atoms with Gasteiger partial charge >= 0.3 is 35.0 Å². The minimum atomic E-state index is -5.64. The van der Waals surface area contributed by atoms with Crippen LogP contribution in [0.25, 0.3) is 0 Å². The van der Waals surface area contributed by atoms with Gasteiger partial charge in [-0.15, -0.1) is 0 Å². The lowest BCUT2D eigenvalue weighted by Crippen LogP contribution is -2.61. The number of hydrogen-bond donors (Lipinski definition) is 2. The molecule has 168 valence electrons. The van der Waals surface area contributed by atoms with Gasteiger partial charge in [0.25, 0.3) is 0 Å². The molecule has 0 aromatic rings. The number of carbonyl (C=O) groups is 3. The van der Waals surface area contributed by atoms with Crippen molar-refractivity contribution >= 4 is 30.3 Å². The Morgan fingerprint density at radius 1 is 1.07 bits per heavy atom. The van der Waals surface area contributed by atoms with Gasteiger partial charge < -0.3 is 14.8 Å². The van der Waals surface area contributed by atoms with Crippen LogP contribution in [0.15, 0.2) is 12.7 Å². The fourth-order valence-corrected chi connectivity index (χ4v) is 1.84. The molecule has 14 heteroatoms. The molecule has 1 atom stereocenters. The minimum absolute atomic E-state index is 0.303. The van der Waals surface area contributed by atoms with Gasteiger partial charge in [-0.2, -0.15) is 30.7 Å². The van der Waals surface area contributed by atoms with Crippen LogP contribution in [0.5, 0.6) is 0 Å². The van der Waals surface area contributed by atoms with Crippen LogP contribution in [0.1, 0.15) is 26.2 Å². The van der Waals surface area contributed by atoms with E-state index in [0.29, 0.717) is 6.08 Å². The number of nitrogens with one attached hydrogen (secondary N) is 1. The number of rotatable bonds is 12. The number of carbonyl (C=O) groups excluding carboxylic acids is 3. The number of halogens is 7. The van der Waals surface area contributed by atoms with Crippen LogP contribution >= 0.6 is 12.6 Å². The summed E-state index contributed by atoms with van der Waals surface area (Å²) in [6.07, 6.45) is -8.15. The van der Waals surface area contributed by atoms with Crippen molar-refractivity contribution < 1.29 is 54.6 Å². The first kappa shape index (κ1) is 27.2. The van der Waals surface area contributed by atoms with Crippen LogP contribution in [0, 0.1) is 0 Å². The van der Waals surface area contributed by atoms with Crippen molar-refractivity contribution in [3.8, 4) is 0 Å². The second kappa shape index (κ2) is 10.3. The summed E-state index contributed by atoms with van der Waals surface area (Å²) in [4.78, 5) is 34.1. The van der Waals surface area contributed by atoms with Crippen LogP contribution in [0.4, 0.5) is 30.7 Å². The number of esters is 1. The third kappa shape index (κ3) is 7.84. The number of Topliss-reactive ketones (excluding diaryl/α,β-unsaturated/α-hetero) is 1. The molecule has 0 aliphatic heterocycles. The van der Waals surface area contributed by atoms with E-state index >= 15 is 0 Å². The van der Waals surface area contributed by atoms with Crippen LogP contribution in [-0.2, 0) is 23.9 Å². The maximum atomic E-state index is 13.5. The Morgan fingerprint density at radius 2 is 1.62 bits per heavy atom. The zero-order valence-corrected chi connectivity index (χ0v) is 15.8. The van der Waals surface area contributed by atoms with Gasteiger partial charge in [0.1, 0.15) is 5.78 Å². The molecule has 1 amide bonds. The van der Waals surface area contributed by atoms with Crippen molar-refractivity contribution in [3.63, 3.8) is 0 Å². The van der Waals surface area contributed by atoms with E-state index in [1.54, 1.807) is 5.32 Å². The van der Waals surface area contributed by atoms with Gasteiger partial charge in [0.15, 0.2) is 0 Å². The van der Waals surface area contributed by atoms with Gasteiger partial charge in [0.05, 0.1) is 13.2 Å². The van der Waals surface area contributed by atoms with E-state index in [2.05, 4.69) is 28.7 Å². The number of amides is 1. The number of ether oxygens (including phenoxy) is 2. The summed E-state index contributed by atoms with van der Waals surface area (Å²) in [7, 11) is 0. The van der Waals surface area contributed by atoms with Gasteiger partial charge in [-0.05, 0) is 19.8 Å². The lowest BCUT2D eigenvalue weighted by molar-refractivity contribution is -0.346. The summed E-state index contributed by atoms with van der Waals surface area (Å²) in [5, 5.41) is -3.07. The molecule has 0 aromatic carbocycles. The fraction of sp³-hybridized carbons (Fsp3) is 0.667. The molecule has 0 spiro atoms. The van der Waals surface area contributed by atoms with Gasteiger partial charge in [0, 0.05) is 12.5 Å². The molecule has 0 saturated heterocycles. The normalized spacial score (nSPS) is 14.7. The second-order valence-electron chi connectivity index (χ2n) is 5.68. The number of alkyl halides is 7. The molecular weight excluding hydrogens is 439 g/mol. The molecule has 0 rings (SSSR count). The summed E-state index contributed by atoms with van der Waals surface area (Å²) in [6, 6.07) is 0. The summed E-state index contributed by atoms with van der Waals surface area (Å²) in [5.74, 6) is -13.2. The lowest BCUT2D eigenvalue weighted by atomic mass is 10.1. The molecule has 0 heterocycles. The molecular formula is C15H18F7NO5S. The largest absolute Gasteiger partial charge is 0.466 e. The topological polar surface area (TPSA) is 81.7 Å². The Labute approximate surface area is 166 Å². The molecule has 6 nitrogen and oxygen atoms in total. The standard InChI is InChI=1S/C15H18F7NO5S/c1-3-10(25)28-13(14(18,19)20,11(26)23-8-9(2)24)27-7-5-4-6-12(16,17)15(21,22)29/h3,29H,1,4-8H2,2H3,(H,23,26). The number of ketones is 1. The van der Waals surface area contributed by atoms with Crippen molar-refractivity contribution in [1.82, 2.24) is 5.32 Å². The van der Waals surface area contributed by atoms with E-state index < -0.39 is 73.2 Å². The van der Waals surface area contributed by atoms with Crippen LogP contribution in [0.2, 0.25) is 0 Å². The highest BCUT2D eigenvalue weighted by Crippen LogP contribution is 2.41. The highest BCUT2D eigenvalue weighted by molar-refractivity contribution is 7.81. The van der Waals surface area contributed by atoms with Crippen LogP contribution < -0.4 is 5.32 Å². The Balaban J connectivity index is 5.34. The molecule has 1 unspecified atom stereocenters. The quantitative estimate of drug-likeness (QED) is 0.118. The van der Waals surface area contributed by atoms with Crippen molar-refractivity contribution in [2.24, 2.45) is 0 Å². The summed E-state index contributed by atoms with van der Waals surface area (Å²) >= 11 is 2.45. The van der Waals surface area contributed by atoms with E-state index in [1.165, 1.54) is 0 Å². The first-order valence-corrected chi connectivity index (χ1v) is 8.26. The number of thiol groups is 1. The third-order valence-electron chi connectivity index (χ3n) is 3.21. The van der Waals surface area contributed by atoms with Crippen molar-refractivity contribution in [1.29, 1.82) is 0 Å². The second-order valence-corrected chi connectivity index (χ2v) is 6.24. The highest BCUT2D eigenvalue weighted by atomic mass is 32.1. The Bertz CT molecular complexity index is 621. The zero-order valence-electron chi connectivity index (χ0n) is 15.0. The van der Waals surface area contributed by atoms with Crippen molar-refractivity contribution in [2.75, 3.05) is 13.2 Å². The van der Waals surface area contributed by atoms with Crippen molar-refractivity contribution in [3.05, 3.63) is 12.7 Å². The van der Waals surface area contributed by atoms with Gasteiger partial charge in [0.2, 0.25) is 0 Å². The Kier molecular flexibility index (Phi) is 9.63. The predicted octanol–water partition coefficient (Wildman–Crippen LogP) is 3.02. The highest BCUT2D eigenvalue weighted by Gasteiger charge is 2.66. The molecule has 0 aliphatic rings. The Morgan fingerprint density at radius 3 is 2.03 bits per heavy atom. The Hall–Kier alpha value is -1.83. The minimum Gasteiger partial charge on any atom is -0.412 e. The van der Waals surface area contributed by atoms with E-state index in [-0.39, 0.29) is 0 Å². The monoisotopic (exact) mass is 457 g/mol. The molecule has 1 N–H and O–H groups in total. The first-order valence-electron chi connectivity index (χ1n) is 7.82. The zero-order chi connectivity index (χ0) is 23.1. The van der Waals surface area contributed by atoms with E-state index in [4.69, 9.17) is 0 Å². The van der Waals surface area contributed by atoms with Gasteiger partial charge in [-0.1, -0.05) is 19.2 Å². The number of unbranched alkanes of at least 4 members (excludes halogenated alkanes) is 1. The van der Waals surface area contributed by atoms with E-state index in [9.17, 15) is 45.1 Å². The lowest BCUT2D eigenvalue weighted by Gasteiger charge is -2.32. The molecule has 0 radical (unpaired) electrons. The third-order valence-corrected chi connectivity index (χ3v) is 3.54. The number of hydrogen-bond acceptors (Lipinski definition) is 6. The van der Waals surface area contributed by atoms with Crippen LogP contribution in [0.3, 0.4) is 0 Å². The molecule has 0 aromatic heterocycles. The summed E-state index contributed by atoms with van der Waals surface area (Å²) < 4.78 is 100. The fourth-order valence-electron chi connectivity index (χ4n) is 1.73. The van der Waals surface area contributed by atoms with Gasteiger partial charge in [-0.3, -0.25) is 9.59 Å². The smallest absolute Gasteiger partial charge is 0.412 e. The molecule has 0 fully saturated rings. The SMILES string of the molecule is C=CC(=O)OC(OCCCCC(F)(F)C(F)(F)S)(C(=O)NCC(C)=O)C(F)(F)F.